The molecule has 0 aliphatic carbocycles. The number of nitrogens with zero attached hydrogens (tertiary/aromatic N) is 3. The Kier molecular flexibility index (Phi) is 12.2. The molecule has 0 radical (unpaired) electrons. The zero-order valence-electron chi connectivity index (χ0n) is 17.5. The summed E-state index contributed by atoms with van der Waals surface area (Å²) >= 11 is 3.53. The number of phenolic OH excluding ortho intramolecular Hbond substituents is 1. The van der Waals surface area contributed by atoms with Crippen LogP contribution in [0.3, 0.4) is 0 Å². The standard InChI is InChI=1S/C14H16N4O.C4H10.CH5N.CH4S/c1-3-11-17-12-13(18(11)4-2)9-6-5-8(19)7-10(9)16-14(12)15;1-3-4-2;2*1-2/h5-7,19H,3-4H2,1-2H3,(H2,15,16);3-4H2,1-2H3;2H2,1H3;2H,1H3. The first-order valence-corrected chi connectivity index (χ1v) is 10.3. The van der Waals surface area contributed by atoms with Crippen molar-refractivity contribution >= 4 is 40.4 Å². The van der Waals surface area contributed by atoms with Crippen LogP contribution in [0.15, 0.2) is 18.2 Å². The number of aryl methyl sites for hydroxylation is 2. The molecule has 152 valence electrons. The lowest BCUT2D eigenvalue weighted by Gasteiger charge is -2.07. The van der Waals surface area contributed by atoms with E-state index in [1.165, 1.54) is 19.9 Å². The molecule has 0 amide bonds. The third-order valence-electron chi connectivity index (χ3n) is 3.90. The Morgan fingerprint density at radius 2 is 1.63 bits per heavy atom. The monoisotopic (exact) mass is 393 g/mol. The minimum atomic E-state index is 0.192. The zero-order valence-corrected chi connectivity index (χ0v) is 18.3. The molecule has 0 fully saturated rings. The van der Waals surface area contributed by atoms with Crippen LogP contribution in [0.4, 0.5) is 5.82 Å². The number of thiol groups is 1. The summed E-state index contributed by atoms with van der Waals surface area (Å²) in [4.78, 5) is 8.92. The van der Waals surface area contributed by atoms with Gasteiger partial charge in [-0.3, -0.25) is 0 Å². The van der Waals surface area contributed by atoms with Gasteiger partial charge in [0.15, 0.2) is 5.82 Å². The molecule has 0 unspecified atom stereocenters. The number of benzene rings is 1. The SMILES string of the molecule is CCCC.CCc1nc2c(N)nc3cc(O)ccc3c2n1CC.CN.CS. The molecule has 0 saturated heterocycles. The summed E-state index contributed by atoms with van der Waals surface area (Å²) in [5.74, 6) is 1.61. The second kappa shape index (κ2) is 13.2. The van der Waals surface area contributed by atoms with E-state index in [0.717, 1.165) is 35.2 Å². The van der Waals surface area contributed by atoms with Crippen molar-refractivity contribution in [3.8, 4) is 5.75 Å². The molecule has 0 bridgehead atoms. The highest BCUT2D eigenvalue weighted by molar-refractivity contribution is 7.79. The van der Waals surface area contributed by atoms with Gasteiger partial charge in [-0.15, -0.1) is 0 Å². The van der Waals surface area contributed by atoms with Crippen molar-refractivity contribution in [2.45, 2.75) is 53.5 Å². The second-order valence-corrected chi connectivity index (χ2v) is 5.52. The van der Waals surface area contributed by atoms with E-state index in [9.17, 15) is 5.11 Å². The van der Waals surface area contributed by atoms with E-state index in [2.05, 4.69) is 60.6 Å². The number of hydrogen-bond donors (Lipinski definition) is 4. The van der Waals surface area contributed by atoms with Crippen LogP contribution >= 0.6 is 12.6 Å². The van der Waals surface area contributed by atoms with E-state index >= 15 is 0 Å². The fourth-order valence-corrected chi connectivity index (χ4v) is 2.56. The smallest absolute Gasteiger partial charge is 0.152 e. The number of nitrogens with two attached hydrogens (primary N) is 2. The number of fused-ring (bicyclic) bond motifs is 3. The molecule has 0 atom stereocenters. The van der Waals surface area contributed by atoms with E-state index in [4.69, 9.17) is 5.73 Å². The average molecular weight is 394 g/mol. The van der Waals surface area contributed by atoms with Crippen LogP contribution in [0.25, 0.3) is 21.9 Å². The van der Waals surface area contributed by atoms with Crippen LogP contribution in [0.2, 0.25) is 0 Å². The second-order valence-electron chi connectivity index (χ2n) is 5.52. The maximum atomic E-state index is 9.57. The summed E-state index contributed by atoms with van der Waals surface area (Å²) < 4.78 is 2.16. The maximum absolute atomic E-state index is 9.57. The average Bonchev–Trinajstić information content (AvgIpc) is 3.10. The number of imidazole rings is 1. The van der Waals surface area contributed by atoms with Gasteiger partial charge in [-0.1, -0.05) is 33.6 Å². The molecule has 3 aromatic rings. The van der Waals surface area contributed by atoms with Crippen molar-refractivity contribution in [2.75, 3.05) is 19.0 Å². The number of rotatable bonds is 3. The normalized spacial score (nSPS) is 9.63. The van der Waals surface area contributed by atoms with Gasteiger partial charge in [0.25, 0.3) is 0 Å². The highest BCUT2D eigenvalue weighted by atomic mass is 32.1. The van der Waals surface area contributed by atoms with Gasteiger partial charge in [0.2, 0.25) is 0 Å². The Hall–Kier alpha value is -1.99. The molecule has 2 aromatic heterocycles. The first kappa shape index (κ1) is 25.0. The van der Waals surface area contributed by atoms with Gasteiger partial charge in [0.05, 0.1) is 11.0 Å². The molecule has 1 aromatic carbocycles. The number of hydrogen-bond acceptors (Lipinski definition) is 6. The largest absolute Gasteiger partial charge is 0.508 e. The third kappa shape index (κ3) is 6.01. The molecule has 6 nitrogen and oxygen atoms in total. The highest BCUT2D eigenvalue weighted by Crippen LogP contribution is 2.30. The van der Waals surface area contributed by atoms with Gasteiger partial charge in [-0.25, -0.2) is 9.97 Å². The summed E-state index contributed by atoms with van der Waals surface area (Å²) in [7, 11) is 1.50. The lowest BCUT2D eigenvalue weighted by atomic mass is 10.1. The molecule has 0 spiro atoms. The third-order valence-corrected chi connectivity index (χ3v) is 3.90. The first-order valence-electron chi connectivity index (χ1n) is 9.36. The molecule has 5 N–H and O–H groups in total. The summed E-state index contributed by atoms with van der Waals surface area (Å²) in [5.41, 5.74) is 12.9. The summed E-state index contributed by atoms with van der Waals surface area (Å²) in [6.07, 6.45) is 5.18. The van der Waals surface area contributed by atoms with E-state index in [0.29, 0.717) is 11.3 Å². The van der Waals surface area contributed by atoms with Gasteiger partial charge in [-0.05, 0) is 32.4 Å². The summed E-state index contributed by atoms with van der Waals surface area (Å²) in [6, 6.07) is 5.16. The van der Waals surface area contributed by atoms with Crippen molar-refractivity contribution in [1.29, 1.82) is 0 Å². The molecule has 7 heteroatoms. The number of unbranched alkanes of at least 4 members (excludes halogenated alkanes) is 1. The molecular weight excluding hydrogens is 358 g/mol. The number of anilines is 1. The number of pyridine rings is 1. The Labute approximate surface area is 168 Å². The lowest BCUT2D eigenvalue weighted by molar-refractivity contribution is 0.476. The van der Waals surface area contributed by atoms with Crippen molar-refractivity contribution in [1.82, 2.24) is 14.5 Å². The zero-order chi connectivity index (χ0) is 21.0. The molecule has 0 aliphatic heterocycles. The van der Waals surface area contributed by atoms with Crippen molar-refractivity contribution in [2.24, 2.45) is 5.73 Å². The van der Waals surface area contributed by atoms with Crippen LogP contribution < -0.4 is 11.5 Å². The predicted octanol–water partition coefficient (Wildman–Crippen LogP) is 4.38. The predicted molar refractivity (Wildman–Crippen MR) is 122 cm³/mol. The minimum absolute atomic E-state index is 0.192. The van der Waals surface area contributed by atoms with Crippen LogP contribution in [-0.2, 0) is 13.0 Å². The number of aromatic hydroxyl groups is 1. The molecule has 3 rings (SSSR count). The van der Waals surface area contributed by atoms with Gasteiger partial charge >= 0.3 is 0 Å². The van der Waals surface area contributed by atoms with E-state index in [1.54, 1.807) is 18.4 Å². The molecule has 27 heavy (non-hydrogen) atoms. The molecular formula is C20H35N5OS. The topological polar surface area (TPSA) is 103 Å². The molecule has 0 aliphatic rings. The van der Waals surface area contributed by atoms with E-state index < -0.39 is 0 Å². The highest BCUT2D eigenvalue weighted by Gasteiger charge is 2.15. The number of phenols is 1. The Morgan fingerprint density at radius 1 is 1.04 bits per heavy atom. The summed E-state index contributed by atoms with van der Waals surface area (Å²) in [6.45, 7) is 9.35. The van der Waals surface area contributed by atoms with Gasteiger partial charge in [-0.2, -0.15) is 12.6 Å². The van der Waals surface area contributed by atoms with Crippen molar-refractivity contribution < 1.29 is 5.11 Å². The van der Waals surface area contributed by atoms with Crippen LogP contribution in [0, 0.1) is 0 Å². The Bertz CT molecular complexity index is 815. The van der Waals surface area contributed by atoms with Crippen molar-refractivity contribution in [3.63, 3.8) is 0 Å². The summed E-state index contributed by atoms with van der Waals surface area (Å²) in [5, 5.41) is 10.5. The van der Waals surface area contributed by atoms with Crippen LogP contribution in [0.5, 0.6) is 5.75 Å². The Morgan fingerprint density at radius 3 is 2.11 bits per heavy atom. The fraction of sp³-hybridized carbons (Fsp3) is 0.500. The van der Waals surface area contributed by atoms with Gasteiger partial charge in [0, 0.05) is 24.4 Å². The minimum Gasteiger partial charge on any atom is -0.508 e. The molecule has 2 heterocycles. The van der Waals surface area contributed by atoms with Crippen LogP contribution in [0.1, 0.15) is 46.4 Å². The van der Waals surface area contributed by atoms with E-state index in [-0.39, 0.29) is 5.75 Å². The number of nitrogen functional groups attached to an aromatic ring is 1. The van der Waals surface area contributed by atoms with Crippen LogP contribution in [-0.4, -0.2) is 32.9 Å². The van der Waals surface area contributed by atoms with Gasteiger partial charge < -0.3 is 21.1 Å². The van der Waals surface area contributed by atoms with Gasteiger partial charge in [0.1, 0.15) is 17.1 Å². The fourth-order valence-electron chi connectivity index (χ4n) is 2.56. The Balaban J connectivity index is 0.000000737. The first-order chi connectivity index (χ1) is 13.1. The van der Waals surface area contributed by atoms with Crippen molar-refractivity contribution in [3.05, 3.63) is 24.0 Å². The lowest BCUT2D eigenvalue weighted by Crippen LogP contribution is -2.00. The van der Waals surface area contributed by atoms with E-state index in [1.807, 2.05) is 6.07 Å². The number of aromatic nitrogens is 3. The molecule has 0 saturated carbocycles. The quantitative estimate of drug-likeness (QED) is 0.494. The maximum Gasteiger partial charge on any atom is 0.152 e.